The van der Waals surface area contributed by atoms with Crippen LogP contribution in [0.25, 0.3) is 0 Å². The molecule has 2 rings (SSSR count). The van der Waals surface area contributed by atoms with Crippen molar-refractivity contribution in [1.29, 1.82) is 0 Å². The van der Waals surface area contributed by atoms with Crippen LogP contribution in [0.4, 0.5) is 17.6 Å². The summed E-state index contributed by atoms with van der Waals surface area (Å²) in [4.78, 5) is 12.2. The van der Waals surface area contributed by atoms with Crippen LogP contribution in [0.5, 0.6) is 5.75 Å². The third kappa shape index (κ3) is 4.60. The van der Waals surface area contributed by atoms with Crippen LogP contribution in [0.2, 0.25) is 5.02 Å². The molecule has 1 aromatic heterocycles. The van der Waals surface area contributed by atoms with Crippen LogP contribution in [0.15, 0.2) is 36.2 Å². The summed E-state index contributed by atoms with van der Waals surface area (Å²) < 4.78 is 5.66. The molecule has 0 radical (unpaired) electrons. The Balaban J connectivity index is 2.12. The first-order chi connectivity index (χ1) is 10.6. The van der Waals surface area contributed by atoms with Gasteiger partial charge in [0.1, 0.15) is 18.7 Å². The summed E-state index contributed by atoms with van der Waals surface area (Å²) in [7, 11) is 1.75. The first kappa shape index (κ1) is 16.0. The van der Waals surface area contributed by atoms with Crippen molar-refractivity contribution < 1.29 is 4.74 Å². The van der Waals surface area contributed by atoms with Crippen LogP contribution in [-0.2, 0) is 0 Å². The molecule has 0 saturated carbocycles. The van der Waals surface area contributed by atoms with E-state index in [2.05, 4.69) is 25.6 Å². The summed E-state index contributed by atoms with van der Waals surface area (Å²) in [6.07, 6.45) is 3.42. The van der Waals surface area contributed by atoms with Crippen molar-refractivity contribution in [3.63, 3.8) is 0 Å². The van der Waals surface area contributed by atoms with Crippen molar-refractivity contribution >= 4 is 29.2 Å². The molecule has 1 aromatic carbocycles. The molecule has 0 bridgehead atoms. The topological polar surface area (TPSA) is 72.0 Å². The highest BCUT2D eigenvalue weighted by Gasteiger charge is 2.05. The number of aromatic nitrogens is 3. The predicted octanol–water partition coefficient (Wildman–Crippen LogP) is 3.66. The summed E-state index contributed by atoms with van der Waals surface area (Å²) in [5.41, 5.74) is 1.97. The van der Waals surface area contributed by atoms with Crippen LogP contribution < -0.4 is 15.4 Å². The van der Waals surface area contributed by atoms with E-state index in [1.165, 1.54) is 11.9 Å². The van der Waals surface area contributed by atoms with Crippen molar-refractivity contribution in [2.45, 2.75) is 13.8 Å². The first-order valence-corrected chi connectivity index (χ1v) is 7.16. The molecule has 0 unspecified atom stereocenters. The van der Waals surface area contributed by atoms with Crippen LogP contribution in [0.3, 0.4) is 0 Å². The molecule has 116 valence electrons. The Morgan fingerprint density at radius 1 is 1.27 bits per heavy atom. The Morgan fingerprint density at radius 3 is 2.77 bits per heavy atom. The normalized spacial score (nSPS) is 10.0. The summed E-state index contributed by atoms with van der Waals surface area (Å²) in [5.74, 6) is 1.54. The van der Waals surface area contributed by atoms with Gasteiger partial charge < -0.3 is 15.4 Å². The molecule has 0 spiro atoms. The molecule has 0 atom stereocenters. The minimum absolute atomic E-state index is 0.442. The van der Waals surface area contributed by atoms with Gasteiger partial charge in [-0.3, -0.25) is 0 Å². The van der Waals surface area contributed by atoms with E-state index in [4.69, 9.17) is 16.3 Å². The van der Waals surface area contributed by atoms with Crippen LogP contribution in [0.1, 0.15) is 13.8 Å². The van der Waals surface area contributed by atoms with Gasteiger partial charge in [0.15, 0.2) is 0 Å². The molecule has 2 aromatic rings. The minimum atomic E-state index is 0.442. The number of anilines is 3. The maximum Gasteiger partial charge on any atom is 0.231 e. The number of allylic oxidation sites excluding steroid dienone is 1. The zero-order chi connectivity index (χ0) is 15.9. The minimum Gasteiger partial charge on any atom is -0.488 e. The molecule has 0 amide bonds. The highest BCUT2D eigenvalue weighted by Crippen LogP contribution is 2.29. The van der Waals surface area contributed by atoms with Crippen molar-refractivity contribution in [2.24, 2.45) is 0 Å². The number of hydrogen-bond acceptors (Lipinski definition) is 6. The standard InChI is InChI=1S/C15H18ClN5O/c1-10(2)6-7-22-13-8-11(4-5-12(13)16)20-15-19-9-18-14(17-3)21-15/h4-6,8-9H,7H2,1-3H3,(H2,17,18,19,20,21). The van der Waals surface area contributed by atoms with E-state index >= 15 is 0 Å². The fourth-order valence-electron chi connectivity index (χ4n) is 1.60. The highest BCUT2D eigenvalue weighted by molar-refractivity contribution is 6.32. The smallest absolute Gasteiger partial charge is 0.231 e. The van der Waals surface area contributed by atoms with Gasteiger partial charge in [-0.05, 0) is 32.1 Å². The van der Waals surface area contributed by atoms with Crippen LogP contribution in [-0.4, -0.2) is 28.6 Å². The Bertz CT molecular complexity index is 671. The molecule has 0 aliphatic carbocycles. The number of halogens is 1. The molecule has 0 saturated heterocycles. The molecule has 6 nitrogen and oxygen atoms in total. The third-order valence-electron chi connectivity index (χ3n) is 2.71. The molecule has 1 heterocycles. The van der Waals surface area contributed by atoms with Gasteiger partial charge in [0.05, 0.1) is 5.02 Å². The van der Waals surface area contributed by atoms with Crippen LogP contribution in [0, 0.1) is 0 Å². The molecule has 0 fully saturated rings. The van der Waals surface area contributed by atoms with E-state index in [0.717, 1.165) is 5.69 Å². The molecular formula is C15H18ClN5O. The maximum atomic E-state index is 6.14. The zero-order valence-corrected chi connectivity index (χ0v) is 13.5. The lowest BCUT2D eigenvalue weighted by Gasteiger charge is -2.10. The van der Waals surface area contributed by atoms with Crippen LogP contribution >= 0.6 is 11.6 Å². The van der Waals surface area contributed by atoms with E-state index in [0.29, 0.717) is 29.3 Å². The predicted molar refractivity (Wildman–Crippen MR) is 89.0 cm³/mol. The van der Waals surface area contributed by atoms with Crippen molar-refractivity contribution in [3.05, 3.63) is 41.2 Å². The van der Waals surface area contributed by atoms with Gasteiger partial charge in [-0.2, -0.15) is 4.98 Å². The van der Waals surface area contributed by atoms with Gasteiger partial charge in [-0.25, -0.2) is 9.97 Å². The Hall–Kier alpha value is -2.34. The van der Waals surface area contributed by atoms with Crippen molar-refractivity contribution in [3.8, 4) is 5.75 Å². The Morgan fingerprint density at radius 2 is 2.05 bits per heavy atom. The number of ether oxygens (including phenoxy) is 1. The van der Waals surface area contributed by atoms with Gasteiger partial charge in [0, 0.05) is 18.8 Å². The van der Waals surface area contributed by atoms with E-state index in [9.17, 15) is 0 Å². The average molecular weight is 320 g/mol. The number of nitrogens with zero attached hydrogens (tertiary/aromatic N) is 3. The summed E-state index contributed by atoms with van der Waals surface area (Å²) in [5, 5.41) is 6.50. The Kier molecular flexibility index (Phi) is 5.55. The maximum absolute atomic E-state index is 6.14. The van der Waals surface area contributed by atoms with Gasteiger partial charge in [-0.1, -0.05) is 17.2 Å². The van der Waals surface area contributed by atoms with Gasteiger partial charge in [-0.15, -0.1) is 0 Å². The third-order valence-corrected chi connectivity index (χ3v) is 3.03. The fourth-order valence-corrected chi connectivity index (χ4v) is 1.77. The quantitative estimate of drug-likeness (QED) is 0.792. The summed E-state index contributed by atoms with van der Waals surface area (Å²) in [6, 6.07) is 5.41. The molecule has 0 aliphatic rings. The number of hydrogen-bond donors (Lipinski definition) is 2. The summed E-state index contributed by atoms with van der Waals surface area (Å²) in [6.45, 7) is 4.51. The van der Waals surface area contributed by atoms with E-state index in [1.54, 1.807) is 13.1 Å². The monoisotopic (exact) mass is 319 g/mol. The van der Waals surface area contributed by atoms with Gasteiger partial charge in [0.2, 0.25) is 11.9 Å². The second-order valence-electron chi connectivity index (χ2n) is 4.75. The SMILES string of the molecule is CNc1ncnc(Nc2ccc(Cl)c(OCC=C(C)C)c2)n1. The van der Waals surface area contributed by atoms with Gasteiger partial charge in [0.25, 0.3) is 0 Å². The van der Waals surface area contributed by atoms with E-state index in [-0.39, 0.29) is 0 Å². The fraction of sp³-hybridized carbons (Fsp3) is 0.267. The van der Waals surface area contributed by atoms with E-state index < -0.39 is 0 Å². The molecular weight excluding hydrogens is 302 g/mol. The second-order valence-corrected chi connectivity index (χ2v) is 5.15. The lowest BCUT2D eigenvalue weighted by molar-refractivity contribution is 0.362. The molecule has 2 N–H and O–H groups in total. The lowest BCUT2D eigenvalue weighted by atomic mass is 10.3. The average Bonchev–Trinajstić information content (AvgIpc) is 2.50. The second kappa shape index (κ2) is 7.61. The van der Waals surface area contributed by atoms with E-state index in [1.807, 2.05) is 32.1 Å². The molecule has 22 heavy (non-hydrogen) atoms. The van der Waals surface area contributed by atoms with Gasteiger partial charge >= 0.3 is 0 Å². The summed E-state index contributed by atoms with van der Waals surface area (Å²) >= 11 is 6.14. The highest BCUT2D eigenvalue weighted by atomic mass is 35.5. The number of nitrogens with one attached hydrogen (secondary N) is 2. The van der Waals surface area contributed by atoms with Crippen molar-refractivity contribution in [1.82, 2.24) is 15.0 Å². The lowest BCUT2D eigenvalue weighted by Crippen LogP contribution is -2.02. The first-order valence-electron chi connectivity index (χ1n) is 6.78. The van der Waals surface area contributed by atoms with Crippen molar-refractivity contribution in [2.75, 3.05) is 24.3 Å². The molecule has 0 aliphatic heterocycles. The zero-order valence-electron chi connectivity index (χ0n) is 12.7. The Labute approximate surface area is 134 Å². The number of rotatable bonds is 6. The largest absolute Gasteiger partial charge is 0.488 e. The molecule has 7 heteroatoms. The number of benzene rings is 1.